The third kappa shape index (κ3) is 3.62. The molecule has 27 heavy (non-hydrogen) atoms. The van der Waals surface area contributed by atoms with E-state index in [-0.39, 0.29) is 16.1 Å². The van der Waals surface area contributed by atoms with E-state index < -0.39 is 5.97 Å². The molecule has 0 saturated heterocycles. The highest BCUT2D eigenvalue weighted by Crippen LogP contribution is 2.39. The number of likely N-dealkylation sites (N-methyl/N-ethyl adjacent to an activating group) is 1. The number of halogens is 1. The van der Waals surface area contributed by atoms with Crippen molar-refractivity contribution in [2.45, 2.75) is 33.2 Å². The second-order valence-electron chi connectivity index (χ2n) is 7.49. The first kappa shape index (κ1) is 19.2. The number of hydrogen-bond acceptors (Lipinski definition) is 3. The van der Waals surface area contributed by atoms with Crippen LogP contribution in [-0.2, 0) is 0 Å². The SMILES string of the molecule is CC1=CC(C)(C)N(C)c2cc(C)c(C=Nc3ccc(Cl)c(C(=O)O)c3)cc21. The van der Waals surface area contributed by atoms with Gasteiger partial charge in [-0.25, -0.2) is 4.79 Å². The summed E-state index contributed by atoms with van der Waals surface area (Å²) in [4.78, 5) is 18.0. The summed E-state index contributed by atoms with van der Waals surface area (Å²) in [6, 6.07) is 9.07. The molecule has 5 heteroatoms. The van der Waals surface area contributed by atoms with Crippen LogP contribution in [0.15, 0.2) is 41.4 Å². The van der Waals surface area contributed by atoms with Gasteiger partial charge in [0.15, 0.2) is 0 Å². The number of rotatable bonds is 3. The molecule has 1 heterocycles. The van der Waals surface area contributed by atoms with Gasteiger partial charge in [-0.1, -0.05) is 17.7 Å². The van der Waals surface area contributed by atoms with Crippen molar-refractivity contribution in [2.75, 3.05) is 11.9 Å². The Kier molecular flexibility index (Phi) is 4.87. The minimum atomic E-state index is -1.06. The van der Waals surface area contributed by atoms with Crippen molar-refractivity contribution in [1.29, 1.82) is 0 Å². The molecular formula is C22H23ClN2O2. The third-order valence-electron chi connectivity index (χ3n) is 5.14. The molecule has 1 N–H and O–H groups in total. The number of aryl methyl sites for hydroxylation is 1. The Morgan fingerprint density at radius 3 is 2.59 bits per heavy atom. The molecule has 1 aliphatic rings. The number of benzene rings is 2. The fourth-order valence-electron chi connectivity index (χ4n) is 3.36. The quantitative estimate of drug-likeness (QED) is 0.689. The molecule has 4 nitrogen and oxygen atoms in total. The van der Waals surface area contributed by atoms with E-state index in [1.807, 2.05) is 0 Å². The molecule has 140 valence electrons. The van der Waals surface area contributed by atoms with Crippen LogP contribution in [0, 0.1) is 6.92 Å². The van der Waals surface area contributed by atoms with Gasteiger partial charge in [0.2, 0.25) is 0 Å². The molecule has 0 saturated carbocycles. The van der Waals surface area contributed by atoms with Crippen LogP contribution in [-0.4, -0.2) is 29.9 Å². The van der Waals surface area contributed by atoms with Gasteiger partial charge in [-0.15, -0.1) is 0 Å². The van der Waals surface area contributed by atoms with Gasteiger partial charge in [-0.3, -0.25) is 4.99 Å². The maximum absolute atomic E-state index is 11.2. The summed E-state index contributed by atoms with van der Waals surface area (Å²) in [5, 5.41) is 9.41. The zero-order valence-corrected chi connectivity index (χ0v) is 16.9. The molecule has 0 amide bonds. The van der Waals surface area contributed by atoms with Gasteiger partial charge in [-0.2, -0.15) is 0 Å². The minimum Gasteiger partial charge on any atom is -0.478 e. The topological polar surface area (TPSA) is 52.9 Å². The van der Waals surface area contributed by atoms with Crippen LogP contribution in [0.3, 0.4) is 0 Å². The van der Waals surface area contributed by atoms with Crippen LogP contribution >= 0.6 is 11.6 Å². The van der Waals surface area contributed by atoms with Crippen LogP contribution < -0.4 is 4.90 Å². The first-order chi connectivity index (χ1) is 12.6. The van der Waals surface area contributed by atoms with Gasteiger partial charge in [0.25, 0.3) is 0 Å². The van der Waals surface area contributed by atoms with Crippen LogP contribution in [0.4, 0.5) is 11.4 Å². The predicted octanol–water partition coefficient (Wildman–Crippen LogP) is 5.73. The first-order valence-electron chi connectivity index (χ1n) is 8.75. The highest BCUT2D eigenvalue weighted by atomic mass is 35.5. The van der Waals surface area contributed by atoms with Gasteiger partial charge in [0, 0.05) is 24.5 Å². The lowest BCUT2D eigenvalue weighted by atomic mass is 9.87. The van der Waals surface area contributed by atoms with Crippen molar-refractivity contribution in [3.63, 3.8) is 0 Å². The van der Waals surface area contributed by atoms with Crippen molar-refractivity contribution < 1.29 is 9.90 Å². The number of fused-ring (bicyclic) bond motifs is 1. The fraction of sp³-hybridized carbons (Fsp3) is 0.273. The number of carboxylic acids is 1. The number of nitrogens with zero attached hydrogens (tertiary/aromatic N) is 2. The summed E-state index contributed by atoms with van der Waals surface area (Å²) in [6.45, 7) is 8.58. The Bertz CT molecular complexity index is 990. The zero-order chi connectivity index (χ0) is 19.9. The molecule has 0 aliphatic carbocycles. The number of carbonyl (C=O) groups is 1. The number of aromatic carboxylic acids is 1. The van der Waals surface area contributed by atoms with E-state index in [1.54, 1.807) is 18.3 Å². The van der Waals surface area contributed by atoms with E-state index in [9.17, 15) is 9.90 Å². The Labute approximate surface area is 164 Å². The second-order valence-corrected chi connectivity index (χ2v) is 7.90. The van der Waals surface area contributed by atoms with Gasteiger partial charge in [-0.05, 0) is 74.7 Å². The molecule has 0 fully saturated rings. The molecular weight excluding hydrogens is 360 g/mol. The molecule has 0 bridgehead atoms. The number of carboxylic acid groups (broad SMARTS) is 1. The first-order valence-corrected chi connectivity index (χ1v) is 9.13. The lowest BCUT2D eigenvalue weighted by Crippen LogP contribution is -2.42. The van der Waals surface area contributed by atoms with E-state index in [2.05, 4.69) is 62.8 Å². The monoisotopic (exact) mass is 382 g/mol. The van der Waals surface area contributed by atoms with Crippen LogP contribution in [0.2, 0.25) is 5.02 Å². The summed E-state index contributed by atoms with van der Waals surface area (Å²) in [5.41, 5.74) is 6.32. The molecule has 0 atom stereocenters. The highest BCUT2D eigenvalue weighted by molar-refractivity contribution is 6.33. The van der Waals surface area contributed by atoms with E-state index >= 15 is 0 Å². The Balaban J connectivity index is 2.00. The summed E-state index contributed by atoms with van der Waals surface area (Å²) in [5.74, 6) is -1.06. The normalized spacial score (nSPS) is 15.6. The maximum Gasteiger partial charge on any atom is 0.337 e. The Hall–Kier alpha value is -2.59. The van der Waals surface area contributed by atoms with Gasteiger partial charge in [0.05, 0.1) is 21.8 Å². The standard InChI is InChI=1S/C22H23ClN2O2/c1-13-8-20-17(14(2)11-22(3,4)25(20)5)9-15(13)12-24-16-6-7-19(23)18(10-16)21(26)27/h6-12H,1-5H3,(H,26,27). The van der Waals surface area contributed by atoms with E-state index in [0.29, 0.717) is 5.69 Å². The molecule has 3 rings (SSSR count). The van der Waals surface area contributed by atoms with Gasteiger partial charge >= 0.3 is 5.97 Å². The predicted molar refractivity (Wildman–Crippen MR) is 113 cm³/mol. The summed E-state index contributed by atoms with van der Waals surface area (Å²) in [7, 11) is 2.11. The van der Waals surface area contributed by atoms with Crippen molar-refractivity contribution in [3.8, 4) is 0 Å². The van der Waals surface area contributed by atoms with Crippen molar-refractivity contribution in [1.82, 2.24) is 0 Å². The number of allylic oxidation sites excluding steroid dienone is 1. The molecule has 2 aromatic rings. The summed E-state index contributed by atoms with van der Waals surface area (Å²) >= 11 is 5.92. The molecule has 2 aromatic carbocycles. The summed E-state index contributed by atoms with van der Waals surface area (Å²) in [6.07, 6.45) is 4.04. The van der Waals surface area contributed by atoms with E-state index in [1.165, 1.54) is 22.9 Å². The Morgan fingerprint density at radius 2 is 1.93 bits per heavy atom. The fourth-order valence-corrected chi connectivity index (χ4v) is 3.56. The van der Waals surface area contributed by atoms with Crippen LogP contribution in [0.1, 0.15) is 47.8 Å². The van der Waals surface area contributed by atoms with Crippen molar-refractivity contribution in [2.24, 2.45) is 4.99 Å². The number of aliphatic imine (C=N–C) groups is 1. The Morgan fingerprint density at radius 1 is 1.22 bits per heavy atom. The molecule has 0 radical (unpaired) electrons. The van der Waals surface area contributed by atoms with Crippen LogP contribution in [0.5, 0.6) is 0 Å². The molecule has 0 spiro atoms. The largest absolute Gasteiger partial charge is 0.478 e. The van der Waals surface area contributed by atoms with E-state index in [4.69, 9.17) is 11.6 Å². The molecule has 0 aromatic heterocycles. The zero-order valence-electron chi connectivity index (χ0n) is 16.2. The van der Waals surface area contributed by atoms with Gasteiger partial charge < -0.3 is 10.0 Å². The summed E-state index contributed by atoms with van der Waals surface area (Å²) < 4.78 is 0. The lowest BCUT2D eigenvalue weighted by Gasteiger charge is -2.41. The average molecular weight is 383 g/mol. The smallest absolute Gasteiger partial charge is 0.337 e. The number of hydrogen-bond donors (Lipinski definition) is 1. The average Bonchev–Trinajstić information content (AvgIpc) is 2.59. The van der Waals surface area contributed by atoms with Crippen molar-refractivity contribution >= 4 is 40.7 Å². The molecule has 0 unspecified atom stereocenters. The second kappa shape index (κ2) is 6.86. The highest BCUT2D eigenvalue weighted by Gasteiger charge is 2.28. The number of anilines is 1. The third-order valence-corrected chi connectivity index (χ3v) is 5.47. The van der Waals surface area contributed by atoms with Gasteiger partial charge in [0.1, 0.15) is 0 Å². The van der Waals surface area contributed by atoms with Crippen molar-refractivity contribution in [3.05, 3.63) is 63.7 Å². The lowest BCUT2D eigenvalue weighted by molar-refractivity contribution is 0.0697. The van der Waals surface area contributed by atoms with Crippen LogP contribution in [0.25, 0.3) is 5.57 Å². The maximum atomic E-state index is 11.2. The minimum absolute atomic E-state index is 0.0321. The molecule has 1 aliphatic heterocycles. The van der Waals surface area contributed by atoms with E-state index in [0.717, 1.165) is 11.1 Å².